The Labute approximate surface area is 351 Å². The van der Waals surface area contributed by atoms with Gasteiger partial charge in [-0.2, -0.15) is 0 Å². The fraction of sp³-hybridized carbons (Fsp3) is 0.422. The van der Waals surface area contributed by atoms with Gasteiger partial charge < -0.3 is 24.0 Å². The van der Waals surface area contributed by atoms with Crippen LogP contribution in [-0.4, -0.2) is 96.1 Å². The number of unbranched alkanes of at least 4 members (excludes halogenated alkanes) is 1. The number of aromatic nitrogens is 2. The van der Waals surface area contributed by atoms with Gasteiger partial charge in [0.05, 0.1) is 17.8 Å². The molecule has 2 fully saturated rings. The highest BCUT2D eigenvalue weighted by atomic mass is 35.5. The van der Waals surface area contributed by atoms with Gasteiger partial charge in [-0.15, -0.1) is 0 Å². The lowest BCUT2D eigenvalue weighted by atomic mass is 9.98. The summed E-state index contributed by atoms with van der Waals surface area (Å²) in [5, 5.41) is 3.66. The van der Waals surface area contributed by atoms with Crippen molar-refractivity contribution in [2.45, 2.75) is 82.8 Å². The van der Waals surface area contributed by atoms with Gasteiger partial charge in [0.15, 0.2) is 0 Å². The molecule has 1 N–H and O–H groups in total. The maximum atomic E-state index is 13.3. The molecule has 59 heavy (non-hydrogen) atoms. The van der Waals surface area contributed by atoms with Crippen LogP contribution in [0.4, 0.5) is 5.69 Å². The van der Waals surface area contributed by atoms with Crippen molar-refractivity contribution in [3.8, 4) is 5.75 Å². The van der Waals surface area contributed by atoms with E-state index in [9.17, 15) is 23.7 Å². The smallest absolute Gasteiger partial charge is 0.255 e. The van der Waals surface area contributed by atoms with E-state index >= 15 is 0 Å². The summed E-state index contributed by atoms with van der Waals surface area (Å²) >= 11 is 6.55. The number of imide groups is 1. The molecule has 0 aliphatic carbocycles. The molecule has 1 unspecified atom stereocenters. The van der Waals surface area contributed by atoms with Crippen LogP contribution < -0.4 is 20.3 Å². The lowest BCUT2D eigenvalue weighted by Gasteiger charge is -2.38. The average molecular weight is 839 g/mol. The highest BCUT2D eigenvalue weighted by Crippen LogP contribution is 2.37. The van der Waals surface area contributed by atoms with E-state index < -0.39 is 19.1 Å². The summed E-state index contributed by atoms with van der Waals surface area (Å²) in [5.41, 5.74) is 6.27. The van der Waals surface area contributed by atoms with Crippen LogP contribution in [0, 0.1) is 0 Å². The molecule has 7 rings (SSSR count). The van der Waals surface area contributed by atoms with Crippen LogP contribution in [0.5, 0.6) is 5.75 Å². The van der Waals surface area contributed by atoms with E-state index in [4.69, 9.17) is 21.3 Å². The topological polar surface area (TPSA) is 142 Å². The Balaban J connectivity index is 0.890. The number of piperidine rings is 2. The van der Waals surface area contributed by atoms with Crippen LogP contribution in [0.25, 0.3) is 0 Å². The second kappa shape index (κ2) is 18.1. The Morgan fingerprint density at radius 2 is 1.73 bits per heavy atom. The SMILES string of the molecule is COc1cc(N2CCC(N(C)C(=O)CCCCc3cccc4c3CN(C3CCC(=O)NC3=O)C4=O)CC2)ccc1Cc1ncc(Cl)c(Cc2ccccc2P(C)(C)=O)n1. The fourth-order valence-electron chi connectivity index (χ4n) is 8.63. The highest BCUT2D eigenvalue weighted by Gasteiger charge is 2.39. The zero-order valence-corrected chi connectivity index (χ0v) is 35.9. The van der Waals surface area contributed by atoms with Gasteiger partial charge in [0.25, 0.3) is 5.91 Å². The first-order valence-corrected chi connectivity index (χ1v) is 23.3. The number of carbonyl (C=O) groups is 4. The third-order valence-corrected chi connectivity index (χ3v) is 13.9. The highest BCUT2D eigenvalue weighted by molar-refractivity contribution is 7.70. The maximum absolute atomic E-state index is 13.3. The summed E-state index contributed by atoms with van der Waals surface area (Å²) in [7, 11) is 1.09. The second-order valence-corrected chi connectivity index (χ2v) is 19.8. The molecular formula is C45H52ClN6O6P. The normalized spacial score (nSPS) is 17.2. The number of hydrogen-bond acceptors (Lipinski definition) is 9. The van der Waals surface area contributed by atoms with Crippen LogP contribution in [0.2, 0.25) is 5.02 Å². The molecule has 4 amide bonds. The van der Waals surface area contributed by atoms with Crippen molar-refractivity contribution in [2.75, 3.05) is 45.5 Å². The van der Waals surface area contributed by atoms with E-state index in [0.29, 0.717) is 54.3 Å². The van der Waals surface area contributed by atoms with Crippen molar-refractivity contribution in [1.82, 2.24) is 25.1 Å². The first-order valence-electron chi connectivity index (χ1n) is 20.4. The molecule has 4 aromatic rings. The van der Waals surface area contributed by atoms with Gasteiger partial charge >= 0.3 is 0 Å². The summed E-state index contributed by atoms with van der Waals surface area (Å²) in [5.74, 6) is 0.627. The number of hydrogen-bond donors (Lipinski definition) is 1. The van der Waals surface area contributed by atoms with Crippen molar-refractivity contribution >= 4 is 53.4 Å². The van der Waals surface area contributed by atoms with Gasteiger partial charge in [0.2, 0.25) is 17.7 Å². The molecule has 4 heterocycles. The Morgan fingerprint density at radius 1 is 0.966 bits per heavy atom. The van der Waals surface area contributed by atoms with Gasteiger partial charge in [-0.25, -0.2) is 9.97 Å². The van der Waals surface area contributed by atoms with Gasteiger partial charge in [0, 0.05) is 92.8 Å². The molecule has 3 aliphatic heterocycles. The first kappa shape index (κ1) is 42.1. The molecule has 0 saturated carbocycles. The molecule has 1 atom stereocenters. The predicted molar refractivity (Wildman–Crippen MR) is 229 cm³/mol. The summed E-state index contributed by atoms with van der Waals surface area (Å²) in [6.45, 7) is 5.52. The summed E-state index contributed by atoms with van der Waals surface area (Å²) < 4.78 is 18.8. The molecule has 1 aromatic heterocycles. The molecule has 0 bridgehead atoms. The monoisotopic (exact) mass is 838 g/mol. The van der Waals surface area contributed by atoms with Crippen LogP contribution >= 0.6 is 18.7 Å². The zero-order valence-electron chi connectivity index (χ0n) is 34.2. The number of carbonyl (C=O) groups excluding carboxylic acids is 4. The van der Waals surface area contributed by atoms with Gasteiger partial charge in [-0.3, -0.25) is 24.5 Å². The molecule has 2 saturated heterocycles. The van der Waals surface area contributed by atoms with Crippen molar-refractivity contribution < 1.29 is 28.5 Å². The summed E-state index contributed by atoms with van der Waals surface area (Å²) in [6, 6.07) is 19.2. The van der Waals surface area contributed by atoms with Gasteiger partial charge in [-0.1, -0.05) is 54.1 Å². The number of rotatable bonds is 14. The van der Waals surface area contributed by atoms with Gasteiger partial charge in [0.1, 0.15) is 24.8 Å². The Kier molecular flexibility index (Phi) is 12.9. The number of fused-ring (bicyclic) bond motifs is 1. The van der Waals surface area contributed by atoms with E-state index in [0.717, 1.165) is 84.2 Å². The molecule has 12 nitrogen and oxygen atoms in total. The number of aryl methyl sites for hydroxylation is 1. The number of amides is 4. The predicted octanol–water partition coefficient (Wildman–Crippen LogP) is 6.17. The van der Waals surface area contributed by atoms with Crippen LogP contribution in [-0.2, 0) is 44.8 Å². The van der Waals surface area contributed by atoms with Crippen LogP contribution in [0.3, 0.4) is 0 Å². The molecule has 0 spiro atoms. The molecular weight excluding hydrogens is 787 g/mol. The second-order valence-electron chi connectivity index (χ2n) is 16.2. The number of ether oxygens (including phenoxy) is 1. The average Bonchev–Trinajstić information content (AvgIpc) is 3.56. The third kappa shape index (κ3) is 9.55. The molecule has 14 heteroatoms. The summed E-state index contributed by atoms with van der Waals surface area (Å²) in [4.78, 5) is 65.8. The quantitative estimate of drug-likeness (QED) is 0.0897. The van der Waals surface area contributed by atoms with Crippen molar-refractivity contribution in [1.29, 1.82) is 0 Å². The maximum Gasteiger partial charge on any atom is 0.255 e. The van der Waals surface area contributed by atoms with Crippen LogP contribution in [0.1, 0.15) is 89.1 Å². The minimum absolute atomic E-state index is 0.138. The number of halogens is 1. The number of methoxy groups -OCH3 is 1. The Hall–Kier alpha value is -5.06. The number of nitrogens with one attached hydrogen (secondary N) is 1. The minimum atomic E-state index is -2.49. The van der Waals surface area contributed by atoms with Crippen molar-refractivity contribution in [2.24, 2.45) is 0 Å². The molecule has 3 aliphatic rings. The molecule has 0 radical (unpaired) electrons. The largest absolute Gasteiger partial charge is 0.496 e. The number of nitrogens with zero attached hydrogens (tertiary/aromatic N) is 5. The lowest BCUT2D eigenvalue weighted by molar-refractivity contribution is -0.137. The molecule has 3 aromatic carbocycles. The number of anilines is 1. The standard InChI is InChI=1S/C45H52ClN6O6P/c1-50(43(54)15-8-6-10-29-12-9-13-34-35(29)28-52(45(34)56)38-18-19-42(53)49-44(38)55)32-20-22-51(23-21-32)33-17-16-30(39(26-33)58-2)25-41-47-27-36(46)37(48-41)24-31-11-5-7-14-40(31)59(3,4)57/h5,7,9,11-14,16-17,26-27,32,38H,6,8,10,15,18-25,28H2,1-4H3,(H,49,53,55). The number of benzene rings is 3. The third-order valence-electron chi connectivity index (χ3n) is 12.0. The van der Waals surface area contributed by atoms with Gasteiger partial charge in [-0.05, 0) is 80.7 Å². The minimum Gasteiger partial charge on any atom is -0.496 e. The lowest BCUT2D eigenvalue weighted by Crippen LogP contribution is -2.52. The van der Waals surface area contributed by atoms with E-state index in [1.165, 1.54) is 0 Å². The van der Waals surface area contributed by atoms with Crippen molar-refractivity contribution in [3.63, 3.8) is 0 Å². The first-order chi connectivity index (χ1) is 28.3. The summed E-state index contributed by atoms with van der Waals surface area (Å²) in [6.07, 6.45) is 7.56. The van der Waals surface area contributed by atoms with Crippen LogP contribution in [0.15, 0.2) is 66.9 Å². The Morgan fingerprint density at radius 3 is 2.47 bits per heavy atom. The molecule has 310 valence electrons. The zero-order chi connectivity index (χ0) is 41.8. The van der Waals surface area contributed by atoms with E-state index in [-0.39, 0.29) is 30.2 Å². The fourth-order valence-corrected chi connectivity index (χ4v) is 10.1. The van der Waals surface area contributed by atoms with E-state index in [1.807, 2.05) is 48.3 Å². The van der Waals surface area contributed by atoms with E-state index in [2.05, 4.69) is 33.4 Å². The van der Waals surface area contributed by atoms with Crippen molar-refractivity contribution in [3.05, 3.63) is 111 Å². The Bertz CT molecular complexity index is 2310. The van der Waals surface area contributed by atoms with E-state index in [1.54, 1.807) is 37.6 Å².